The van der Waals surface area contributed by atoms with E-state index in [1.165, 1.54) is 55.6 Å². The Bertz CT molecular complexity index is 3400. The van der Waals surface area contributed by atoms with E-state index in [0.717, 1.165) is 61.2 Å². The summed E-state index contributed by atoms with van der Waals surface area (Å²) in [5.74, 6) is 1.85. The molecule has 2 nitrogen and oxygen atoms in total. The second-order valence-corrected chi connectivity index (χ2v) is 17.6. The maximum Gasteiger partial charge on any atom is 0.140 e. The van der Waals surface area contributed by atoms with E-state index in [2.05, 4.69) is 231 Å². The maximum atomic E-state index is 7.27. The molecule has 13 rings (SSSR count). The van der Waals surface area contributed by atoms with Gasteiger partial charge >= 0.3 is 0 Å². The van der Waals surface area contributed by atoms with Crippen molar-refractivity contribution >= 4 is 38.6 Å². The fourth-order valence-electron chi connectivity index (χ4n) is 11.3. The van der Waals surface area contributed by atoms with Gasteiger partial charge in [0.25, 0.3) is 0 Å². The summed E-state index contributed by atoms with van der Waals surface area (Å²) < 4.78 is 7.27. The zero-order chi connectivity index (χ0) is 41.2. The van der Waals surface area contributed by atoms with Gasteiger partial charge in [0.1, 0.15) is 11.5 Å². The van der Waals surface area contributed by atoms with Crippen molar-refractivity contribution in [2.24, 2.45) is 0 Å². The summed E-state index contributed by atoms with van der Waals surface area (Å²) in [6.07, 6.45) is 0. The zero-order valence-corrected chi connectivity index (χ0v) is 34.6. The summed E-state index contributed by atoms with van der Waals surface area (Å²) in [6, 6.07) is 78.5. The largest absolute Gasteiger partial charge is 0.455 e. The highest BCUT2D eigenvalue weighted by Crippen LogP contribution is 2.66. The molecule has 0 fully saturated rings. The Labute approximate surface area is 362 Å². The standard InChI is InChI=1S/C60H41NO/c1-59(2)49-26-12-10-24-46(49)47-33-32-43(37-54(47)59)61(42-21-14-20-41(36-42)38-16-4-3-5-17-38)55-29-15-28-51-56(55)48-25-11-13-27-50(48)60(51)52-34-30-39-18-6-8-22-44(39)57(52)62-58-45-23-9-7-19-40(45)31-35-53(58)60/h3-37H,1-2H3. The molecule has 0 saturated heterocycles. The Morgan fingerprint density at radius 1 is 0.371 bits per heavy atom. The lowest BCUT2D eigenvalue weighted by molar-refractivity contribution is 0.447. The molecule has 292 valence electrons. The first-order chi connectivity index (χ1) is 30.5. The molecule has 1 heterocycles. The van der Waals surface area contributed by atoms with Crippen molar-refractivity contribution in [2.45, 2.75) is 24.7 Å². The molecule has 0 unspecified atom stereocenters. The molecular formula is C60H41NO. The predicted molar refractivity (Wildman–Crippen MR) is 257 cm³/mol. The summed E-state index contributed by atoms with van der Waals surface area (Å²) in [4.78, 5) is 2.52. The van der Waals surface area contributed by atoms with Crippen LogP contribution < -0.4 is 9.64 Å². The van der Waals surface area contributed by atoms with Gasteiger partial charge in [-0.2, -0.15) is 0 Å². The molecule has 2 aliphatic carbocycles. The number of benzene rings is 10. The Hall–Kier alpha value is -7.68. The van der Waals surface area contributed by atoms with Gasteiger partial charge in [-0.05, 0) is 91.2 Å². The minimum Gasteiger partial charge on any atom is -0.455 e. The molecule has 0 bridgehead atoms. The molecule has 0 aromatic heterocycles. The number of nitrogens with zero attached hydrogens (tertiary/aromatic N) is 1. The molecule has 0 radical (unpaired) electrons. The first kappa shape index (κ1) is 35.1. The average molecular weight is 792 g/mol. The van der Waals surface area contributed by atoms with Gasteiger partial charge in [0.2, 0.25) is 0 Å². The van der Waals surface area contributed by atoms with Crippen molar-refractivity contribution in [1.82, 2.24) is 0 Å². The Kier molecular flexibility index (Phi) is 7.31. The van der Waals surface area contributed by atoms with E-state index in [1.54, 1.807) is 0 Å². The second-order valence-electron chi connectivity index (χ2n) is 17.6. The lowest BCUT2D eigenvalue weighted by Gasteiger charge is -2.40. The summed E-state index contributed by atoms with van der Waals surface area (Å²) >= 11 is 0. The van der Waals surface area contributed by atoms with Gasteiger partial charge in [-0.3, -0.25) is 0 Å². The molecule has 1 spiro atoms. The van der Waals surface area contributed by atoms with E-state index in [1.807, 2.05) is 0 Å². The molecule has 2 heteroatoms. The molecule has 3 aliphatic rings. The van der Waals surface area contributed by atoms with E-state index in [0.29, 0.717) is 0 Å². The summed E-state index contributed by atoms with van der Waals surface area (Å²) in [7, 11) is 0. The smallest absolute Gasteiger partial charge is 0.140 e. The van der Waals surface area contributed by atoms with Crippen LogP contribution in [0.4, 0.5) is 17.1 Å². The summed E-state index contributed by atoms with van der Waals surface area (Å²) in [6.45, 7) is 4.74. The molecule has 0 amide bonds. The van der Waals surface area contributed by atoms with Crippen LogP contribution in [-0.2, 0) is 10.8 Å². The van der Waals surface area contributed by atoms with Crippen LogP contribution in [0.2, 0.25) is 0 Å². The van der Waals surface area contributed by atoms with Gasteiger partial charge in [0.15, 0.2) is 0 Å². The van der Waals surface area contributed by atoms with Crippen LogP contribution in [-0.4, -0.2) is 0 Å². The molecule has 1 aliphatic heterocycles. The van der Waals surface area contributed by atoms with E-state index < -0.39 is 5.41 Å². The molecule has 0 saturated carbocycles. The molecule has 0 N–H and O–H groups in total. The SMILES string of the molecule is CC1(C)c2ccccc2-c2ccc(N(c3cccc(-c4ccccc4)c3)c3cccc4c3-c3ccccc3C43c4ccc5ccccc5c4Oc4c3ccc3ccccc43)cc21. The Balaban J connectivity index is 1.13. The number of rotatable bonds is 4. The van der Waals surface area contributed by atoms with Crippen molar-refractivity contribution in [2.75, 3.05) is 4.90 Å². The highest BCUT2D eigenvalue weighted by molar-refractivity contribution is 6.03. The van der Waals surface area contributed by atoms with Crippen LogP contribution >= 0.6 is 0 Å². The molecule has 0 atom stereocenters. The third kappa shape index (κ3) is 4.69. The number of fused-ring (bicyclic) bond motifs is 16. The van der Waals surface area contributed by atoms with E-state index in [-0.39, 0.29) is 5.41 Å². The third-order valence-electron chi connectivity index (χ3n) is 14.1. The van der Waals surface area contributed by atoms with Crippen molar-refractivity contribution < 1.29 is 4.74 Å². The minimum atomic E-state index is -0.655. The lowest BCUT2D eigenvalue weighted by atomic mass is 9.65. The Morgan fingerprint density at radius 2 is 0.935 bits per heavy atom. The highest BCUT2D eigenvalue weighted by Gasteiger charge is 2.52. The molecule has 10 aromatic carbocycles. The second kappa shape index (κ2) is 12.9. The molecule has 62 heavy (non-hydrogen) atoms. The van der Waals surface area contributed by atoms with E-state index >= 15 is 0 Å². The minimum absolute atomic E-state index is 0.157. The van der Waals surface area contributed by atoms with Gasteiger partial charge in [-0.1, -0.05) is 196 Å². The van der Waals surface area contributed by atoms with Crippen LogP contribution in [0.5, 0.6) is 11.5 Å². The van der Waals surface area contributed by atoms with Crippen molar-refractivity contribution in [3.8, 4) is 44.9 Å². The van der Waals surface area contributed by atoms with Crippen molar-refractivity contribution in [3.05, 3.63) is 246 Å². The summed E-state index contributed by atoms with van der Waals surface area (Å²) in [5, 5.41) is 4.56. The first-order valence-corrected chi connectivity index (χ1v) is 21.7. The summed E-state index contributed by atoms with van der Waals surface area (Å²) in [5.41, 5.74) is 17.6. The number of anilines is 3. The topological polar surface area (TPSA) is 12.5 Å². The lowest BCUT2D eigenvalue weighted by Crippen LogP contribution is -2.32. The van der Waals surface area contributed by atoms with Crippen LogP contribution in [0, 0.1) is 0 Å². The van der Waals surface area contributed by atoms with Gasteiger partial charge in [-0.15, -0.1) is 0 Å². The fraction of sp³-hybridized carbons (Fsp3) is 0.0667. The van der Waals surface area contributed by atoms with Gasteiger partial charge in [-0.25, -0.2) is 0 Å². The number of hydrogen-bond donors (Lipinski definition) is 0. The van der Waals surface area contributed by atoms with Crippen LogP contribution in [0.1, 0.15) is 47.2 Å². The van der Waals surface area contributed by atoms with Gasteiger partial charge in [0.05, 0.1) is 11.1 Å². The quantitative estimate of drug-likeness (QED) is 0.176. The molecule has 10 aromatic rings. The highest BCUT2D eigenvalue weighted by atomic mass is 16.5. The van der Waals surface area contributed by atoms with Crippen LogP contribution in [0.3, 0.4) is 0 Å². The number of ether oxygens (including phenoxy) is 1. The van der Waals surface area contributed by atoms with Crippen molar-refractivity contribution in [1.29, 1.82) is 0 Å². The van der Waals surface area contributed by atoms with Crippen LogP contribution in [0.25, 0.3) is 54.9 Å². The third-order valence-corrected chi connectivity index (χ3v) is 14.1. The monoisotopic (exact) mass is 791 g/mol. The van der Waals surface area contributed by atoms with Gasteiger partial charge < -0.3 is 9.64 Å². The average Bonchev–Trinajstić information content (AvgIpc) is 3.75. The van der Waals surface area contributed by atoms with Crippen LogP contribution in [0.15, 0.2) is 212 Å². The normalized spacial score (nSPS) is 14.4. The number of hydrogen-bond acceptors (Lipinski definition) is 2. The first-order valence-electron chi connectivity index (χ1n) is 21.7. The predicted octanol–water partition coefficient (Wildman–Crippen LogP) is 15.9. The van der Waals surface area contributed by atoms with E-state index in [9.17, 15) is 0 Å². The van der Waals surface area contributed by atoms with Crippen molar-refractivity contribution in [3.63, 3.8) is 0 Å². The maximum absolute atomic E-state index is 7.27. The fourth-order valence-corrected chi connectivity index (χ4v) is 11.3. The molecular weight excluding hydrogens is 751 g/mol. The van der Waals surface area contributed by atoms with Gasteiger partial charge in [0, 0.05) is 44.3 Å². The zero-order valence-electron chi connectivity index (χ0n) is 34.6. The Morgan fingerprint density at radius 3 is 1.68 bits per heavy atom. The van der Waals surface area contributed by atoms with E-state index in [4.69, 9.17) is 4.74 Å².